The zero-order valence-electron chi connectivity index (χ0n) is 32.4. The number of piperidine rings is 2. The molecule has 10 N–H and O–H groups in total. The van der Waals surface area contributed by atoms with E-state index in [1.165, 1.54) is 28.0 Å². The lowest BCUT2D eigenvalue weighted by atomic mass is 9.89. The van der Waals surface area contributed by atoms with Crippen molar-refractivity contribution in [3.63, 3.8) is 0 Å². The molecule has 0 bridgehead atoms. The van der Waals surface area contributed by atoms with Gasteiger partial charge in [0.2, 0.25) is 0 Å². The maximum Gasteiger partial charge on any atom is 0.326 e. The van der Waals surface area contributed by atoms with E-state index in [9.17, 15) is 68.4 Å². The molecule has 2 fully saturated rings. The second-order valence-electron chi connectivity index (χ2n) is 14.5. The fourth-order valence-corrected chi connectivity index (χ4v) is 6.93. The van der Waals surface area contributed by atoms with Crippen LogP contribution in [0.4, 0.5) is 15.3 Å². The number of urea groups is 2. The first-order chi connectivity index (χ1) is 28.3. The molecule has 2 saturated heterocycles. The molecule has 1 aromatic carbocycles. The highest BCUT2D eigenvalue weighted by atomic mass is 16.4. The van der Waals surface area contributed by atoms with Crippen LogP contribution in [0.5, 0.6) is 0 Å². The molecule has 2 aliphatic heterocycles. The zero-order chi connectivity index (χ0) is 44.7. The summed E-state index contributed by atoms with van der Waals surface area (Å²) in [5, 5.41) is 64.2. The molecule has 328 valence electrons. The molecule has 1 aromatic rings. The van der Waals surface area contributed by atoms with Crippen molar-refractivity contribution in [2.24, 2.45) is 16.8 Å². The number of benzene rings is 1. The van der Waals surface area contributed by atoms with Crippen LogP contribution in [0.15, 0.2) is 23.2 Å². The molecule has 6 amide bonds. The molecule has 0 radical (unpaired) electrons. The zero-order valence-corrected chi connectivity index (χ0v) is 32.4. The molecular formula is C37H49N7O16. The largest absolute Gasteiger partial charge is 0.481 e. The van der Waals surface area contributed by atoms with E-state index in [4.69, 9.17) is 10.2 Å². The molecule has 23 heteroatoms. The number of carbonyl (C=O) groups excluding carboxylic acids is 4. The third-order valence-electron chi connectivity index (χ3n) is 10.2. The Balaban J connectivity index is 1.56. The number of carboxylic acids is 6. The Labute approximate surface area is 342 Å². The van der Waals surface area contributed by atoms with Gasteiger partial charge in [0.1, 0.15) is 24.2 Å². The van der Waals surface area contributed by atoms with Gasteiger partial charge in [-0.3, -0.25) is 24.2 Å². The number of nitrogens with zero attached hydrogens (tertiary/aromatic N) is 3. The lowest BCUT2D eigenvalue weighted by molar-refractivity contribution is -0.142. The fourth-order valence-electron chi connectivity index (χ4n) is 6.93. The van der Waals surface area contributed by atoms with Gasteiger partial charge in [0, 0.05) is 50.1 Å². The third kappa shape index (κ3) is 14.8. The summed E-state index contributed by atoms with van der Waals surface area (Å²) in [6.45, 7) is 4.34. The van der Waals surface area contributed by atoms with E-state index in [1.807, 2.05) is 0 Å². The quantitative estimate of drug-likeness (QED) is 0.0759. The minimum Gasteiger partial charge on any atom is -0.481 e. The van der Waals surface area contributed by atoms with Gasteiger partial charge in [-0.25, -0.2) is 28.8 Å². The number of hydrogen-bond acceptors (Lipinski definition) is 11. The van der Waals surface area contributed by atoms with Crippen molar-refractivity contribution in [2.45, 2.75) is 88.4 Å². The predicted octanol–water partition coefficient (Wildman–Crippen LogP) is 0.644. The van der Waals surface area contributed by atoms with Gasteiger partial charge in [0.15, 0.2) is 0 Å². The van der Waals surface area contributed by atoms with Crippen molar-refractivity contribution < 1.29 is 78.6 Å². The molecule has 2 aliphatic rings. The highest BCUT2D eigenvalue weighted by Crippen LogP contribution is 2.28. The molecule has 0 aromatic heterocycles. The molecule has 23 nitrogen and oxygen atoms in total. The molecule has 0 aliphatic carbocycles. The molecule has 0 spiro atoms. The number of nitrogens with one attached hydrogen (secondary N) is 4. The Morgan fingerprint density at radius 1 is 0.550 bits per heavy atom. The van der Waals surface area contributed by atoms with Gasteiger partial charge in [-0.05, 0) is 88.1 Å². The summed E-state index contributed by atoms with van der Waals surface area (Å²) >= 11 is 0. The lowest BCUT2D eigenvalue weighted by Gasteiger charge is -2.34. The molecule has 2 heterocycles. The van der Waals surface area contributed by atoms with Crippen LogP contribution < -0.4 is 21.3 Å². The summed E-state index contributed by atoms with van der Waals surface area (Å²) in [6.07, 6.45) is -0.539. The Hall–Kier alpha value is -6.81. The first kappa shape index (κ1) is 47.6. The van der Waals surface area contributed by atoms with Crippen LogP contribution in [0, 0.1) is 11.8 Å². The van der Waals surface area contributed by atoms with Crippen LogP contribution in [-0.4, -0.2) is 157 Å². The summed E-state index contributed by atoms with van der Waals surface area (Å²) < 4.78 is 0. The van der Waals surface area contributed by atoms with Gasteiger partial charge in [-0.15, -0.1) is 0 Å². The number of carboxylic acid groups (broad SMARTS) is 6. The number of aliphatic imine (C=N–C) groups is 1. The summed E-state index contributed by atoms with van der Waals surface area (Å²) in [6, 6.07) is -3.74. The first-order valence-corrected chi connectivity index (χ1v) is 19.0. The van der Waals surface area contributed by atoms with Gasteiger partial charge < -0.3 is 61.7 Å². The number of hydrogen-bond donors (Lipinski definition) is 10. The summed E-state index contributed by atoms with van der Waals surface area (Å²) in [7, 11) is 0. The van der Waals surface area contributed by atoms with Gasteiger partial charge in [0.25, 0.3) is 11.8 Å². The van der Waals surface area contributed by atoms with E-state index in [0.717, 1.165) is 0 Å². The number of aliphatic carboxylic acids is 6. The maximum atomic E-state index is 13.6. The lowest BCUT2D eigenvalue weighted by Crippen LogP contribution is -2.52. The fraction of sp³-hybridized carbons (Fsp3) is 0.541. The maximum absolute atomic E-state index is 13.6. The summed E-state index contributed by atoms with van der Waals surface area (Å²) in [5.74, 6) is -9.61. The van der Waals surface area contributed by atoms with E-state index in [1.54, 1.807) is 0 Å². The second-order valence-corrected chi connectivity index (χ2v) is 14.5. The van der Waals surface area contributed by atoms with Crippen LogP contribution in [0.1, 0.15) is 84.9 Å². The van der Waals surface area contributed by atoms with Crippen LogP contribution >= 0.6 is 0 Å². The summed E-state index contributed by atoms with van der Waals surface area (Å²) in [5.41, 5.74) is 0.546. The van der Waals surface area contributed by atoms with Crippen LogP contribution in [0.2, 0.25) is 0 Å². The molecule has 3 rings (SSSR count). The van der Waals surface area contributed by atoms with Gasteiger partial charge >= 0.3 is 47.9 Å². The standard InChI is InChI=1S/C37H49N7O16/c1-38-23-17-21(30(49)43-10-6-19(7-11-43)14-26(34(55)56)41-36(59)39-24(32(51)52)2-4-28(45)46)16-22(18-23)31(50)44-12-8-20(9-13-44)15-27(35(57)58)42-37(60)40-25(33(53)54)3-5-29(47)48/h16-20,24-27H,1-15H2,(H,45,46)(H,47,48)(H,51,52)(H,53,54)(H,55,56)(H,57,58)(H2,39,41,59)(H2,40,42,60)/t24?,25?,26-,27+. The van der Waals surface area contributed by atoms with E-state index in [2.05, 4.69) is 33.0 Å². The Morgan fingerprint density at radius 3 is 1.15 bits per heavy atom. The highest BCUT2D eigenvalue weighted by Gasteiger charge is 2.33. The van der Waals surface area contributed by atoms with E-state index >= 15 is 0 Å². The van der Waals surface area contributed by atoms with Crippen LogP contribution in [-0.2, 0) is 28.8 Å². The minimum atomic E-state index is -1.55. The average molecular weight is 848 g/mol. The number of carbonyl (C=O) groups is 10. The first-order valence-electron chi connectivity index (χ1n) is 19.0. The van der Waals surface area contributed by atoms with E-state index in [0.29, 0.717) is 25.7 Å². The molecule has 60 heavy (non-hydrogen) atoms. The second kappa shape index (κ2) is 22.4. The Morgan fingerprint density at radius 2 is 0.867 bits per heavy atom. The number of rotatable bonds is 21. The normalized spacial score (nSPS) is 16.5. The van der Waals surface area contributed by atoms with Crippen LogP contribution in [0.3, 0.4) is 0 Å². The smallest absolute Gasteiger partial charge is 0.326 e. The Bertz CT molecular complexity index is 1700. The van der Waals surface area contributed by atoms with Crippen molar-refractivity contribution in [3.8, 4) is 0 Å². The molecule has 0 saturated carbocycles. The molecule has 2 unspecified atom stereocenters. The van der Waals surface area contributed by atoms with Gasteiger partial charge in [-0.2, -0.15) is 0 Å². The minimum absolute atomic E-state index is 0.0327. The summed E-state index contributed by atoms with van der Waals surface area (Å²) in [4.78, 5) is 127. The Kier molecular flexibility index (Phi) is 17.7. The monoisotopic (exact) mass is 847 g/mol. The number of amides is 6. The molecular weight excluding hydrogens is 798 g/mol. The predicted molar refractivity (Wildman–Crippen MR) is 205 cm³/mol. The van der Waals surface area contributed by atoms with Crippen molar-refractivity contribution in [1.29, 1.82) is 0 Å². The van der Waals surface area contributed by atoms with Crippen molar-refractivity contribution >= 4 is 72.1 Å². The number of likely N-dealkylation sites (tertiary alicyclic amines) is 2. The van der Waals surface area contributed by atoms with Crippen molar-refractivity contribution in [1.82, 2.24) is 31.1 Å². The third-order valence-corrected chi connectivity index (χ3v) is 10.2. The average Bonchev–Trinajstić information content (AvgIpc) is 3.19. The van der Waals surface area contributed by atoms with Gasteiger partial charge in [0.05, 0.1) is 5.69 Å². The molecule has 4 atom stereocenters. The van der Waals surface area contributed by atoms with E-state index < -0.39 is 110 Å². The van der Waals surface area contributed by atoms with Gasteiger partial charge in [-0.1, -0.05) is 0 Å². The van der Waals surface area contributed by atoms with Crippen LogP contribution in [0.25, 0.3) is 0 Å². The van der Waals surface area contributed by atoms with Crippen molar-refractivity contribution in [2.75, 3.05) is 26.2 Å². The van der Waals surface area contributed by atoms with Crippen molar-refractivity contribution in [3.05, 3.63) is 29.3 Å². The topological polar surface area (TPSA) is 359 Å². The SMILES string of the molecule is C=Nc1cc(C(=O)N2CCC(C[C@H](NC(=O)NC(CCC(=O)O)C(=O)O)C(=O)O)CC2)cc(C(=O)N2CCC(C[C@@H](NC(=O)NC(CCC(=O)O)C(=O)O)C(=O)O)CC2)c1. The highest BCUT2D eigenvalue weighted by molar-refractivity contribution is 6.01. The van der Waals surface area contributed by atoms with E-state index in [-0.39, 0.29) is 67.7 Å².